The van der Waals surface area contributed by atoms with Crippen LogP contribution in [0.25, 0.3) is 22.3 Å². The molecule has 0 saturated heterocycles. The molecule has 6 nitrogen and oxygen atoms in total. The summed E-state index contributed by atoms with van der Waals surface area (Å²) in [6, 6.07) is 30.6. The van der Waals surface area contributed by atoms with Gasteiger partial charge in [-0.1, -0.05) is 78.9 Å². The normalized spacial score (nSPS) is 11.1. The third kappa shape index (κ3) is 5.25. The Morgan fingerprint density at radius 1 is 0.947 bits per heavy atom. The average Bonchev–Trinajstić information content (AvgIpc) is 2.97. The molecule has 5 rings (SSSR count). The molecule has 1 heterocycles. The molecule has 1 aromatic heterocycles. The van der Waals surface area contributed by atoms with E-state index in [0.29, 0.717) is 41.3 Å². The van der Waals surface area contributed by atoms with Crippen molar-refractivity contribution >= 4 is 17.1 Å². The lowest BCUT2D eigenvalue weighted by molar-refractivity contribution is 0.282. The van der Waals surface area contributed by atoms with Gasteiger partial charge < -0.3 is 9.47 Å². The van der Waals surface area contributed by atoms with Crippen molar-refractivity contribution in [1.82, 2.24) is 9.66 Å². The molecule has 0 aliphatic rings. The summed E-state index contributed by atoms with van der Waals surface area (Å²) in [6.45, 7) is 4.31. The van der Waals surface area contributed by atoms with Crippen molar-refractivity contribution in [3.05, 3.63) is 137 Å². The number of aromatic nitrogens is 2. The number of rotatable bonds is 9. The van der Waals surface area contributed by atoms with Gasteiger partial charge in [-0.05, 0) is 41.8 Å². The zero-order valence-electron chi connectivity index (χ0n) is 21.1. The number of methoxy groups -OCH3 is 1. The molecular formula is C32H27N3O3. The number of ether oxygens (including phenoxy) is 2. The number of fused-ring (bicyclic) bond motifs is 1. The molecule has 4 aromatic carbocycles. The van der Waals surface area contributed by atoms with E-state index < -0.39 is 0 Å². The maximum Gasteiger partial charge on any atom is 0.282 e. The summed E-state index contributed by atoms with van der Waals surface area (Å²) in [7, 11) is 1.61. The van der Waals surface area contributed by atoms with Gasteiger partial charge in [-0.25, -0.2) is 4.98 Å². The van der Waals surface area contributed by atoms with Crippen LogP contribution in [0.5, 0.6) is 11.5 Å². The number of allylic oxidation sites excluding steroid dienone is 1. The molecular weight excluding hydrogens is 474 g/mol. The van der Waals surface area contributed by atoms with Crippen LogP contribution in [0.15, 0.2) is 120 Å². The van der Waals surface area contributed by atoms with E-state index in [1.54, 1.807) is 19.4 Å². The summed E-state index contributed by atoms with van der Waals surface area (Å²) in [5.41, 5.74) is 3.89. The smallest absolute Gasteiger partial charge is 0.282 e. The maximum atomic E-state index is 13.5. The van der Waals surface area contributed by atoms with Crippen LogP contribution < -0.4 is 15.0 Å². The van der Waals surface area contributed by atoms with Crippen LogP contribution in [0.1, 0.15) is 16.7 Å². The van der Waals surface area contributed by atoms with Gasteiger partial charge in [0.25, 0.3) is 5.56 Å². The van der Waals surface area contributed by atoms with Crippen molar-refractivity contribution in [2.75, 3.05) is 7.11 Å². The van der Waals surface area contributed by atoms with E-state index in [-0.39, 0.29) is 5.56 Å². The van der Waals surface area contributed by atoms with Crippen LogP contribution in [-0.4, -0.2) is 23.0 Å². The minimum Gasteiger partial charge on any atom is -0.493 e. The van der Waals surface area contributed by atoms with E-state index in [9.17, 15) is 4.79 Å². The first-order valence-corrected chi connectivity index (χ1v) is 12.3. The van der Waals surface area contributed by atoms with Gasteiger partial charge in [0.05, 0.1) is 24.2 Å². The van der Waals surface area contributed by atoms with Crippen LogP contribution in [0.4, 0.5) is 0 Å². The number of hydrogen-bond donors (Lipinski definition) is 0. The fraction of sp³-hybridized carbons (Fsp3) is 0.0938. The number of nitrogens with zero attached hydrogens (tertiary/aromatic N) is 3. The molecule has 0 fully saturated rings. The van der Waals surface area contributed by atoms with E-state index in [4.69, 9.17) is 14.5 Å². The molecule has 38 heavy (non-hydrogen) atoms. The summed E-state index contributed by atoms with van der Waals surface area (Å²) >= 11 is 0. The highest BCUT2D eigenvalue weighted by Gasteiger charge is 2.14. The quantitative estimate of drug-likeness (QED) is 0.177. The highest BCUT2D eigenvalue weighted by Crippen LogP contribution is 2.34. The first-order valence-electron chi connectivity index (χ1n) is 12.3. The van der Waals surface area contributed by atoms with Crippen molar-refractivity contribution in [1.29, 1.82) is 0 Å². The molecule has 188 valence electrons. The molecule has 0 unspecified atom stereocenters. The van der Waals surface area contributed by atoms with E-state index in [1.807, 2.05) is 97.1 Å². The van der Waals surface area contributed by atoms with Gasteiger partial charge in [0, 0.05) is 11.1 Å². The Balaban J connectivity index is 1.57. The van der Waals surface area contributed by atoms with E-state index in [1.165, 1.54) is 4.68 Å². The van der Waals surface area contributed by atoms with Gasteiger partial charge in [-0.2, -0.15) is 9.78 Å². The average molecular weight is 502 g/mol. The summed E-state index contributed by atoms with van der Waals surface area (Å²) in [4.78, 5) is 18.2. The van der Waals surface area contributed by atoms with Gasteiger partial charge in [0.2, 0.25) is 0 Å². The molecule has 0 amide bonds. The Labute approximate surface area is 221 Å². The Hall–Kier alpha value is -4.97. The SMILES string of the molecule is C=CCc1cc(C=Nn2c(-c3ccccc3)nc3ccccc3c2=O)cc(OC)c1OCc1ccccc1. The Kier molecular flexibility index (Phi) is 7.41. The van der Waals surface area contributed by atoms with Crippen molar-refractivity contribution in [3.63, 3.8) is 0 Å². The largest absolute Gasteiger partial charge is 0.493 e. The van der Waals surface area contributed by atoms with Gasteiger partial charge in [0.1, 0.15) is 6.61 Å². The fourth-order valence-electron chi connectivity index (χ4n) is 4.24. The van der Waals surface area contributed by atoms with Crippen LogP contribution in [0, 0.1) is 0 Å². The van der Waals surface area contributed by atoms with Gasteiger partial charge >= 0.3 is 0 Å². The van der Waals surface area contributed by atoms with Crippen LogP contribution in [0.2, 0.25) is 0 Å². The second kappa shape index (κ2) is 11.4. The minimum atomic E-state index is -0.244. The molecule has 0 N–H and O–H groups in total. The standard InChI is InChI=1S/C32H27N3O3/c1-3-12-26-19-24(20-29(37-2)30(26)38-22-23-13-6-4-7-14-23)21-33-35-31(25-15-8-5-9-16-25)34-28-18-11-10-17-27(28)32(35)36/h3-11,13-21H,1,12,22H2,2H3. The molecule has 6 heteroatoms. The van der Waals surface area contributed by atoms with E-state index in [0.717, 1.165) is 22.3 Å². The maximum absolute atomic E-state index is 13.5. The Morgan fingerprint density at radius 3 is 2.39 bits per heavy atom. The Bertz CT molecular complexity index is 1660. The fourth-order valence-corrected chi connectivity index (χ4v) is 4.24. The number of benzene rings is 4. The molecule has 0 aliphatic carbocycles. The van der Waals surface area contributed by atoms with E-state index in [2.05, 4.69) is 11.7 Å². The topological polar surface area (TPSA) is 65.7 Å². The second-order valence-electron chi connectivity index (χ2n) is 8.66. The van der Waals surface area contributed by atoms with Crippen molar-refractivity contribution in [2.24, 2.45) is 5.10 Å². The van der Waals surface area contributed by atoms with Crippen LogP contribution in [-0.2, 0) is 13.0 Å². The van der Waals surface area contributed by atoms with Crippen molar-refractivity contribution in [2.45, 2.75) is 13.0 Å². The van der Waals surface area contributed by atoms with Gasteiger partial charge in [0.15, 0.2) is 17.3 Å². The summed E-state index contributed by atoms with van der Waals surface area (Å²) in [6.07, 6.45) is 4.03. The number of para-hydroxylation sites is 1. The van der Waals surface area contributed by atoms with Crippen molar-refractivity contribution in [3.8, 4) is 22.9 Å². The predicted molar refractivity (Wildman–Crippen MR) is 152 cm³/mol. The summed E-state index contributed by atoms with van der Waals surface area (Å²) < 4.78 is 13.2. The zero-order valence-corrected chi connectivity index (χ0v) is 21.1. The highest BCUT2D eigenvalue weighted by molar-refractivity contribution is 5.83. The van der Waals surface area contributed by atoms with Crippen LogP contribution >= 0.6 is 0 Å². The molecule has 0 saturated carbocycles. The van der Waals surface area contributed by atoms with Gasteiger partial charge in [-0.15, -0.1) is 6.58 Å². The Morgan fingerprint density at radius 2 is 1.66 bits per heavy atom. The molecule has 5 aromatic rings. The molecule has 0 aliphatic heterocycles. The minimum absolute atomic E-state index is 0.244. The lowest BCUT2D eigenvalue weighted by atomic mass is 10.1. The van der Waals surface area contributed by atoms with E-state index >= 15 is 0 Å². The predicted octanol–water partition coefficient (Wildman–Crippen LogP) is 6.26. The second-order valence-corrected chi connectivity index (χ2v) is 8.66. The van der Waals surface area contributed by atoms with Crippen molar-refractivity contribution < 1.29 is 9.47 Å². The number of hydrogen-bond acceptors (Lipinski definition) is 5. The molecule has 0 bridgehead atoms. The van der Waals surface area contributed by atoms with Crippen LogP contribution in [0.3, 0.4) is 0 Å². The lowest BCUT2D eigenvalue weighted by Gasteiger charge is -2.16. The third-order valence-electron chi connectivity index (χ3n) is 6.07. The first-order chi connectivity index (χ1) is 18.7. The summed E-state index contributed by atoms with van der Waals surface area (Å²) in [5.74, 6) is 1.70. The zero-order chi connectivity index (χ0) is 26.3. The monoisotopic (exact) mass is 501 g/mol. The molecule has 0 radical (unpaired) electrons. The molecule has 0 spiro atoms. The summed E-state index contributed by atoms with van der Waals surface area (Å²) in [5, 5.41) is 5.10. The first kappa shape index (κ1) is 24.7. The highest BCUT2D eigenvalue weighted by atomic mass is 16.5. The third-order valence-corrected chi connectivity index (χ3v) is 6.07. The van der Waals surface area contributed by atoms with Gasteiger partial charge in [-0.3, -0.25) is 4.79 Å². The molecule has 0 atom stereocenters. The lowest BCUT2D eigenvalue weighted by Crippen LogP contribution is -2.20.